The summed E-state index contributed by atoms with van der Waals surface area (Å²) in [4.78, 5) is 36.8. The van der Waals surface area contributed by atoms with Gasteiger partial charge in [0.15, 0.2) is 11.5 Å². The van der Waals surface area contributed by atoms with Gasteiger partial charge in [-0.25, -0.2) is 0 Å². The highest BCUT2D eigenvalue weighted by Gasteiger charge is 2.32. The minimum atomic E-state index is -0.739. The molecule has 2 aliphatic rings. The summed E-state index contributed by atoms with van der Waals surface area (Å²) in [6.07, 6.45) is 13.2. The van der Waals surface area contributed by atoms with Crippen molar-refractivity contribution in [1.82, 2.24) is 10.6 Å². The zero-order valence-electron chi connectivity index (χ0n) is 21.6. The summed E-state index contributed by atoms with van der Waals surface area (Å²) < 4.78 is 12.2. The molecule has 2 fully saturated rings. The zero-order valence-corrected chi connectivity index (χ0v) is 21.6. The Balaban J connectivity index is 1.85. The summed E-state index contributed by atoms with van der Waals surface area (Å²) in [5.74, 6) is 0.287. The number of imide groups is 1. The van der Waals surface area contributed by atoms with Crippen LogP contribution in [0, 0.1) is 0 Å². The zero-order chi connectivity index (χ0) is 25.2. The fourth-order valence-electron chi connectivity index (χ4n) is 4.92. The number of piperidine rings is 1. The molecule has 35 heavy (non-hydrogen) atoms. The molecule has 3 amide bonds. The standard InChI is InChI=1S/C28H42N2O5/c1-4-6-7-8-9-12-19(11-5-2)21-15-16-22(25(34-3)26(21)35-20-13-10-14-20)27(32)29-23-17-18-24(31)30-28(23)33/h15-16,19-20,23H,4-14,17-18H2,1-3H3,(H,29,32)(H,30,31,33)/t19?,23-/m0/s1. The second-order valence-corrected chi connectivity index (χ2v) is 9.90. The number of rotatable bonds is 14. The Morgan fingerprint density at radius 1 is 1.03 bits per heavy atom. The Bertz CT molecular complexity index is 880. The van der Waals surface area contributed by atoms with Crippen molar-refractivity contribution in [2.75, 3.05) is 7.11 Å². The van der Waals surface area contributed by atoms with E-state index in [-0.39, 0.29) is 18.4 Å². The summed E-state index contributed by atoms with van der Waals surface area (Å²) in [5, 5.41) is 5.07. The Morgan fingerprint density at radius 3 is 2.43 bits per heavy atom. The molecule has 1 unspecified atom stereocenters. The molecule has 7 heteroatoms. The third-order valence-corrected chi connectivity index (χ3v) is 7.21. The minimum absolute atomic E-state index is 0.142. The molecular formula is C28H42N2O5. The first-order chi connectivity index (χ1) is 17.0. The molecular weight excluding hydrogens is 444 g/mol. The van der Waals surface area contributed by atoms with Crippen LogP contribution >= 0.6 is 0 Å². The largest absolute Gasteiger partial charge is 0.492 e. The molecule has 7 nitrogen and oxygen atoms in total. The van der Waals surface area contributed by atoms with Crippen molar-refractivity contribution in [3.05, 3.63) is 23.3 Å². The minimum Gasteiger partial charge on any atom is -0.492 e. The smallest absolute Gasteiger partial charge is 0.255 e. The van der Waals surface area contributed by atoms with Crippen LogP contribution < -0.4 is 20.1 Å². The van der Waals surface area contributed by atoms with Crippen LogP contribution in [-0.4, -0.2) is 37.0 Å². The van der Waals surface area contributed by atoms with Crippen LogP contribution in [0.1, 0.15) is 119 Å². The summed E-state index contributed by atoms with van der Waals surface area (Å²) in [5.41, 5.74) is 1.47. The lowest BCUT2D eigenvalue weighted by Crippen LogP contribution is -2.52. The van der Waals surface area contributed by atoms with E-state index in [1.807, 2.05) is 6.07 Å². The summed E-state index contributed by atoms with van der Waals surface area (Å²) in [6.45, 7) is 4.43. The lowest BCUT2D eigenvalue weighted by atomic mass is 9.87. The van der Waals surface area contributed by atoms with E-state index in [0.29, 0.717) is 29.4 Å². The van der Waals surface area contributed by atoms with Gasteiger partial charge in [-0.2, -0.15) is 0 Å². The number of methoxy groups -OCH3 is 1. The SMILES string of the molecule is CCCCCCCC(CCC)c1ccc(C(=O)N[C@H]2CCC(=O)NC2=O)c(OC)c1OC1CCC1. The second kappa shape index (κ2) is 13.5. The maximum atomic E-state index is 13.2. The van der Waals surface area contributed by atoms with Gasteiger partial charge in [-0.15, -0.1) is 0 Å². The van der Waals surface area contributed by atoms with Gasteiger partial charge in [0.2, 0.25) is 11.8 Å². The van der Waals surface area contributed by atoms with E-state index >= 15 is 0 Å². The van der Waals surface area contributed by atoms with E-state index in [4.69, 9.17) is 9.47 Å². The molecule has 194 valence electrons. The number of hydrogen-bond donors (Lipinski definition) is 2. The Morgan fingerprint density at radius 2 is 1.80 bits per heavy atom. The van der Waals surface area contributed by atoms with Crippen molar-refractivity contribution in [3.63, 3.8) is 0 Å². The van der Waals surface area contributed by atoms with Crippen molar-refractivity contribution in [1.29, 1.82) is 0 Å². The summed E-state index contributed by atoms with van der Waals surface area (Å²) in [6, 6.07) is 3.07. The van der Waals surface area contributed by atoms with Crippen molar-refractivity contribution in [3.8, 4) is 11.5 Å². The molecule has 1 aromatic rings. The molecule has 1 saturated heterocycles. The first kappa shape index (κ1) is 27.0. The molecule has 0 aromatic heterocycles. The van der Waals surface area contributed by atoms with Crippen LogP contribution in [0.2, 0.25) is 0 Å². The van der Waals surface area contributed by atoms with E-state index in [2.05, 4.69) is 24.5 Å². The van der Waals surface area contributed by atoms with Crippen LogP contribution in [0.5, 0.6) is 11.5 Å². The van der Waals surface area contributed by atoms with Crippen LogP contribution in [0.25, 0.3) is 0 Å². The molecule has 0 bridgehead atoms. The maximum Gasteiger partial charge on any atom is 0.255 e. The average molecular weight is 487 g/mol. The predicted molar refractivity (Wildman–Crippen MR) is 136 cm³/mol. The van der Waals surface area contributed by atoms with Gasteiger partial charge < -0.3 is 14.8 Å². The van der Waals surface area contributed by atoms with Gasteiger partial charge in [-0.05, 0) is 50.5 Å². The molecule has 1 aliphatic carbocycles. The van der Waals surface area contributed by atoms with Crippen LogP contribution in [-0.2, 0) is 9.59 Å². The monoisotopic (exact) mass is 486 g/mol. The van der Waals surface area contributed by atoms with E-state index in [0.717, 1.165) is 44.1 Å². The van der Waals surface area contributed by atoms with Crippen molar-refractivity contribution >= 4 is 17.7 Å². The van der Waals surface area contributed by atoms with E-state index in [1.165, 1.54) is 32.1 Å². The number of ether oxygens (including phenoxy) is 2. The molecule has 2 N–H and O–H groups in total. The molecule has 0 radical (unpaired) electrons. The number of carbonyl (C=O) groups excluding carboxylic acids is 3. The molecule has 1 aliphatic heterocycles. The molecule has 1 saturated carbocycles. The Kier molecular flexibility index (Phi) is 10.4. The molecule has 0 spiro atoms. The van der Waals surface area contributed by atoms with Gasteiger partial charge >= 0.3 is 0 Å². The quantitative estimate of drug-likeness (QED) is 0.271. The van der Waals surface area contributed by atoms with Gasteiger partial charge in [0, 0.05) is 12.0 Å². The number of benzene rings is 1. The van der Waals surface area contributed by atoms with Gasteiger partial charge in [-0.3, -0.25) is 19.7 Å². The second-order valence-electron chi connectivity index (χ2n) is 9.90. The average Bonchev–Trinajstić information content (AvgIpc) is 2.81. The fourth-order valence-corrected chi connectivity index (χ4v) is 4.92. The predicted octanol–water partition coefficient (Wildman–Crippen LogP) is 5.41. The van der Waals surface area contributed by atoms with Crippen molar-refractivity contribution < 1.29 is 23.9 Å². The topological polar surface area (TPSA) is 93.7 Å². The molecule has 1 aromatic carbocycles. The highest BCUT2D eigenvalue weighted by atomic mass is 16.5. The lowest BCUT2D eigenvalue weighted by Gasteiger charge is -2.31. The summed E-state index contributed by atoms with van der Waals surface area (Å²) >= 11 is 0. The maximum absolute atomic E-state index is 13.2. The normalized spacial score (nSPS) is 19.0. The third-order valence-electron chi connectivity index (χ3n) is 7.21. The van der Waals surface area contributed by atoms with Gasteiger partial charge in [0.1, 0.15) is 6.04 Å². The van der Waals surface area contributed by atoms with Gasteiger partial charge in [0.05, 0.1) is 18.8 Å². The van der Waals surface area contributed by atoms with Crippen molar-refractivity contribution in [2.45, 2.75) is 115 Å². The van der Waals surface area contributed by atoms with E-state index in [9.17, 15) is 14.4 Å². The number of nitrogens with one attached hydrogen (secondary N) is 2. The molecule has 3 rings (SSSR count). The highest BCUT2D eigenvalue weighted by Crippen LogP contribution is 2.44. The van der Waals surface area contributed by atoms with Crippen LogP contribution in [0.15, 0.2) is 12.1 Å². The van der Waals surface area contributed by atoms with Crippen molar-refractivity contribution in [2.24, 2.45) is 0 Å². The van der Waals surface area contributed by atoms with Crippen LogP contribution in [0.3, 0.4) is 0 Å². The van der Waals surface area contributed by atoms with Crippen LogP contribution in [0.4, 0.5) is 0 Å². The van der Waals surface area contributed by atoms with E-state index in [1.54, 1.807) is 13.2 Å². The molecule has 2 atom stereocenters. The number of hydrogen-bond acceptors (Lipinski definition) is 5. The first-order valence-electron chi connectivity index (χ1n) is 13.5. The number of amides is 3. The first-order valence-corrected chi connectivity index (χ1v) is 13.5. The lowest BCUT2D eigenvalue weighted by molar-refractivity contribution is -0.134. The summed E-state index contributed by atoms with van der Waals surface area (Å²) in [7, 11) is 1.56. The number of carbonyl (C=O) groups is 3. The van der Waals surface area contributed by atoms with Gasteiger partial charge in [0.25, 0.3) is 5.91 Å². The third kappa shape index (κ3) is 7.21. The fraction of sp³-hybridized carbons (Fsp3) is 0.679. The number of unbranched alkanes of at least 4 members (excludes halogenated alkanes) is 4. The van der Waals surface area contributed by atoms with Gasteiger partial charge in [-0.1, -0.05) is 58.4 Å². The Labute approximate surface area is 209 Å². The van der Waals surface area contributed by atoms with E-state index < -0.39 is 17.9 Å². The molecule has 1 heterocycles. The Hall–Kier alpha value is -2.57. The highest BCUT2D eigenvalue weighted by molar-refractivity contribution is 6.04.